The number of alkyl halides is 3. The van der Waals surface area contributed by atoms with Crippen LogP contribution in [0.5, 0.6) is 11.6 Å². The highest BCUT2D eigenvalue weighted by molar-refractivity contribution is 6.32. The van der Waals surface area contributed by atoms with Gasteiger partial charge in [0.1, 0.15) is 17.4 Å². The number of rotatable bonds is 10. The fraction of sp³-hybridized carbons (Fsp3) is 0.367. The second-order valence-corrected chi connectivity index (χ2v) is 10.8. The molecule has 2 amide bonds. The van der Waals surface area contributed by atoms with E-state index < -0.39 is 23.7 Å². The van der Waals surface area contributed by atoms with Gasteiger partial charge in [-0.15, -0.1) is 0 Å². The molecule has 3 aromatic rings. The smallest absolute Gasteiger partial charge is 0.416 e. The van der Waals surface area contributed by atoms with Crippen molar-refractivity contribution in [2.75, 3.05) is 26.2 Å². The van der Waals surface area contributed by atoms with Crippen LogP contribution >= 0.6 is 11.6 Å². The van der Waals surface area contributed by atoms with Crippen molar-refractivity contribution in [1.29, 1.82) is 0 Å². The number of carbonyl (C=O) groups is 2. The highest BCUT2D eigenvalue weighted by Crippen LogP contribution is 2.36. The molecule has 3 aliphatic rings. The van der Waals surface area contributed by atoms with Crippen molar-refractivity contribution in [2.45, 2.75) is 37.7 Å². The van der Waals surface area contributed by atoms with Crippen LogP contribution in [0.2, 0.25) is 5.02 Å². The Kier molecular flexibility index (Phi) is 9.30. The first-order valence-corrected chi connectivity index (χ1v) is 14.0. The number of hydrogen-bond acceptors (Lipinski definition) is 6. The molecular formula is C30H30ClF3N4O4. The number of benzene rings is 2. The van der Waals surface area contributed by atoms with E-state index in [1.165, 1.54) is 18.3 Å². The molecule has 12 heteroatoms. The summed E-state index contributed by atoms with van der Waals surface area (Å²) < 4.78 is 50.6. The topological polar surface area (TPSA) is 92.8 Å². The molecule has 3 fully saturated rings. The van der Waals surface area contributed by atoms with Crippen molar-refractivity contribution in [3.05, 3.63) is 88.6 Å². The van der Waals surface area contributed by atoms with Crippen molar-refractivity contribution in [3.63, 3.8) is 0 Å². The van der Waals surface area contributed by atoms with Gasteiger partial charge >= 0.3 is 6.18 Å². The molecule has 2 aromatic carbocycles. The van der Waals surface area contributed by atoms with Crippen LogP contribution in [-0.2, 0) is 22.3 Å². The summed E-state index contributed by atoms with van der Waals surface area (Å²) in [6.07, 6.45) is -1.19. The Morgan fingerprint density at radius 3 is 2.50 bits per heavy atom. The number of carbonyl (C=O) groups excluding carboxylic acids is 2. The number of piperidine rings is 3. The fourth-order valence-electron chi connectivity index (χ4n) is 5.21. The van der Waals surface area contributed by atoms with E-state index >= 15 is 0 Å². The summed E-state index contributed by atoms with van der Waals surface area (Å²) in [4.78, 5) is 33.3. The summed E-state index contributed by atoms with van der Waals surface area (Å²) in [5, 5.41) is 5.54. The maximum Gasteiger partial charge on any atom is 0.416 e. The van der Waals surface area contributed by atoms with Gasteiger partial charge in [0, 0.05) is 18.8 Å². The SMILES string of the molecule is O=C(NC(COCc1ccccc1)C(=O)NC1CN2CCC1CC2)c1cccnc1Oc1ccc(C(F)(F)F)cc1Cl. The van der Waals surface area contributed by atoms with Gasteiger partial charge in [-0.2, -0.15) is 13.2 Å². The van der Waals surface area contributed by atoms with Gasteiger partial charge in [-0.1, -0.05) is 41.9 Å². The van der Waals surface area contributed by atoms with E-state index in [4.69, 9.17) is 21.1 Å². The van der Waals surface area contributed by atoms with Crippen LogP contribution in [0, 0.1) is 5.92 Å². The largest absolute Gasteiger partial charge is 0.437 e. The normalized spacial score (nSPS) is 20.5. The van der Waals surface area contributed by atoms with Crippen LogP contribution in [0.4, 0.5) is 13.2 Å². The molecule has 4 heterocycles. The number of hydrogen-bond donors (Lipinski definition) is 2. The second kappa shape index (κ2) is 13.1. The minimum absolute atomic E-state index is 0.0207. The van der Waals surface area contributed by atoms with Gasteiger partial charge in [-0.05, 0) is 67.7 Å². The zero-order chi connectivity index (χ0) is 29.7. The van der Waals surface area contributed by atoms with Gasteiger partial charge in [0.25, 0.3) is 5.91 Å². The zero-order valence-electron chi connectivity index (χ0n) is 22.6. The van der Waals surface area contributed by atoms with Crippen molar-refractivity contribution < 1.29 is 32.2 Å². The van der Waals surface area contributed by atoms with E-state index in [0.717, 1.165) is 56.2 Å². The predicted octanol–water partition coefficient (Wildman–Crippen LogP) is 5.07. The molecule has 1 aromatic heterocycles. The van der Waals surface area contributed by atoms with Crippen LogP contribution in [0.15, 0.2) is 66.9 Å². The molecule has 42 heavy (non-hydrogen) atoms. The average molecular weight is 603 g/mol. The fourth-order valence-corrected chi connectivity index (χ4v) is 5.43. The Labute approximate surface area is 246 Å². The van der Waals surface area contributed by atoms with Crippen LogP contribution < -0.4 is 15.4 Å². The summed E-state index contributed by atoms with van der Waals surface area (Å²) in [5.74, 6) is -0.947. The molecule has 0 saturated carbocycles. The van der Waals surface area contributed by atoms with Gasteiger partial charge in [-0.3, -0.25) is 9.59 Å². The highest BCUT2D eigenvalue weighted by Gasteiger charge is 2.36. The molecule has 0 radical (unpaired) electrons. The molecule has 3 aliphatic heterocycles. The number of nitrogens with one attached hydrogen (secondary N) is 2. The third-order valence-corrected chi connectivity index (χ3v) is 7.78. The molecule has 222 valence electrons. The number of pyridine rings is 1. The van der Waals surface area contributed by atoms with Gasteiger partial charge in [-0.25, -0.2) is 4.98 Å². The predicted molar refractivity (Wildman–Crippen MR) is 149 cm³/mol. The maximum atomic E-state index is 13.4. The van der Waals surface area contributed by atoms with E-state index in [2.05, 4.69) is 20.5 Å². The summed E-state index contributed by atoms with van der Waals surface area (Å²) in [5.41, 5.74) is -0.0555. The third-order valence-electron chi connectivity index (χ3n) is 7.48. The standard InChI is InChI=1S/C30H30ClF3N4O4/c31-23-15-21(30(32,33)34)8-9-26(23)42-29-22(7-4-12-35-29)27(39)37-25(18-41-17-19-5-2-1-3-6-19)28(40)36-24-16-38-13-10-20(24)11-14-38/h1-9,12,15,20,24-25H,10-11,13-14,16-18H2,(H,36,40)(H,37,39). The molecule has 0 spiro atoms. The molecule has 2 bridgehead atoms. The number of ether oxygens (including phenoxy) is 2. The first-order chi connectivity index (χ1) is 20.2. The van der Waals surface area contributed by atoms with Crippen LogP contribution in [0.3, 0.4) is 0 Å². The van der Waals surface area contributed by atoms with Gasteiger partial charge in [0.15, 0.2) is 0 Å². The average Bonchev–Trinajstić information content (AvgIpc) is 2.98. The Morgan fingerprint density at radius 2 is 1.83 bits per heavy atom. The quantitative estimate of drug-likeness (QED) is 0.337. The highest BCUT2D eigenvalue weighted by atomic mass is 35.5. The first-order valence-electron chi connectivity index (χ1n) is 13.6. The van der Waals surface area contributed by atoms with Crippen LogP contribution in [0.1, 0.15) is 34.3 Å². The molecule has 3 saturated heterocycles. The Bertz CT molecular complexity index is 1400. The van der Waals surface area contributed by atoms with E-state index in [9.17, 15) is 22.8 Å². The lowest BCUT2D eigenvalue weighted by molar-refractivity contribution is -0.137. The van der Waals surface area contributed by atoms with Crippen LogP contribution in [-0.4, -0.2) is 60.0 Å². The Balaban J connectivity index is 1.30. The van der Waals surface area contributed by atoms with Crippen molar-refractivity contribution in [3.8, 4) is 11.6 Å². The van der Waals surface area contributed by atoms with Crippen molar-refractivity contribution in [2.24, 2.45) is 5.92 Å². The minimum atomic E-state index is -4.58. The lowest BCUT2D eigenvalue weighted by Gasteiger charge is -2.45. The van der Waals surface area contributed by atoms with Gasteiger partial charge in [0.05, 0.1) is 23.8 Å². The minimum Gasteiger partial charge on any atom is -0.437 e. The van der Waals surface area contributed by atoms with Crippen LogP contribution in [0.25, 0.3) is 0 Å². The van der Waals surface area contributed by atoms with Crippen molar-refractivity contribution >= 4 is 23.4 Å². The van der Waals surface area contributed by atoms with Gasteiger partial charge in [0.2, 0.25) is 11.8 Å². The molecule has 2 unspecified atom stereocenters. The molecular weight excluding hydrogens is 573 g/mol. The van der Waals surface area contributed by atoms with E-state index in [1.807, 2.05) is 30.3 Å². The number of aromatic nitrogens is 1. The molecule has 2 atom stereocenters. The van der Waals surface area contributed by atoms with E-state index in [0.29, 0.717) is 5.92 Å². The number of nitrogens with zero attached hydrogens (tertiary/aromatic N) is 2. The third kappa shape index (κ3) is 7.39. The maximum absolute atomic E-state index is 13.4. The molecule has 0 aliphatic carbocycles. The lowest BCUT2D eigenvalue weighted by atomic mass is 9.84. The Morgan fingerprint density at radius 1 is 1.07 bits per heavy atom. The van der Waals surface area contributed by atoms with E-state index in [-0.39, 0.29) is 47.4 Å². The number of fused-ring (bicyclic) bond motifs is 3. The number of halogens is 4. The summed E-state index contributed by atoms with van der Waals surface area (Å²) in [6.45, 7) is 2.95. The summed E-state index contributed by atoms with van der Waals surface area (Å²) >= 11 is 6.04. The Hall–Kier alpha value is -3.67. The lowest BCUT2D eigenvalue weighted by Crippen LogP contribution is -2.60. The summed E-state index contributed by atoms with van der Waals surface area (Å²) in [7, 11) is 0. The first kappa shape index (κ1) is 29.8. The number of amides is 2. The molecule has 6 rings (SSSR count). The molecule has 2 N–H and O–H groups in total. The van der Waals surface area contributed by atoms with Crippen molar-refractivity contribution in [1.82, 2.24) is 20.5 Å². The monoisotopic (exact) mass is 602 g/mol. The zero-order valence-corrected chi connectivity index (χ0v) is 23.3. The van der Waals surface area contributed by atoms with Gasteiger partial charge < -0.3 is 25.0 Å². The van der Waals surface area contributed by atoms with E-state index in [1.54, 1.807) is 0 Å². The molecule has 8 nitrogen and oxygen atoms in total. The summed E-state index contributed by atoms with van der Waals surface area (Å²) in [6, 6.07) is 13.9. The second-order valence-electron chi connectivity index (χ2n) is 10.4.